The number of allylic oxidation sites excluding steroid dienone is 10. The van der Waals surface area contributed by atoms with E-state index in [-0.39, 0.29) is 16.8 Å². The van der Waals surface area contributed by atoms with Gasteiger partial charge < -0.3 is 0 Å². The average molecular weight is 338 g/mol. The molecule has 0 heterocycles. The van der Waals surface area contributed by atoms with E-state index in [0.29, 0.717) is 5.41 Å². The monoisotopic (exact) mass is 338 g/mol. The molecule has 120 valence electrons. The van der Waals surface area contributed by atoms with Crippen molar-refractivity contribution < 1.29 is 16.8 Å². The van der Waals surface area contributed by atoms with E-state index in [4.69, 9.17) is 0 Å². The SMILES string of the molecule is CC1=C2C(=CC=C3CCCC[C@@]32C)CCC1.[CH]1C=CC=C1.[Co]. The number of hydrogen-bond acceptors (Lipinski definition) is 0. The Labute approximate surface area is 146 Å². The van der Waals surface area contributed by atoms with Crippen molar-refractivity contribution in [1.82, 2.24) is 0 Å². The summed E-state index contributed by atoms with van der Waals surface area (Å²) < 4.78 is 0. The van der Waals surface area contributed by atoms with Gasteiger partial charge in [0, 0.05) is 28.6 Å². The molecule has 0 amide bonds. The molecule has 1 atom stereocenters. The van der Waals surface area contributed by atoms with Gasteiger partial charge in [-0.05, 0) is 56.6 Å². The first-order valence-electron chi connectivity index (χ1n) is 8.49. The van der Waals surface area contributed by atoms with Gasteiger partial charge in [0.2, 0.25) is 0 Å². The summed E-state index contributed by atoms with van der Waals surface area (Å²) in [4.78, 5) is 0. The molecule has 0 saturated heterocycles. The fraction of sp³-hybridized carbons (Fsp3) is 0.476. The molecule has 0 aromatic rings. The molecule has 0 spiro atoms. The molecule has 0 aromatic heterocycles. The van der Waals surface area contributed by atoms with Gasteiger partial charge in [-0.15, -0.1) is 0 Å². The minimum absolute atomic E-state index is 0. The standard InChI is InChI=1S/C16H22.C5H5.Co/c1-12-6-5-7-13-9-10-14-8-3-4-11-16(14,2)15(12)13;1-2-4-5-3-1;/h9-10H,3-8,11H2,1-2H3;1-5H;/t16-;;/m0../s1. The molecule has 22 heavy (non-hydrogen) atoms. The second kappa shape index (κ2) is 7.65. The average Bonchev–Trinajstić information content (AvgIpc) is 3.06. The van der Waals surface area contributed by atoms with Crippen LogP contribution in [0.15, 0.2) is 58.7 Å². The third-order valence-corrected chi connectivity index (χ3v) is 5.42. The summed E-state index contributed by atoms with van der Waals surface area (Å²) in [5.74, 6) is 0. The Hall–Kier alpha value is -0.794. The van der Waals surface area contributed by atoms with Crippen molar-refractivity contribution in [2.75, 3.05) is 0 Å². The van der Waals surface area contributed by atoms with Crippen LogP contribution in [0.2, 0.25) is 0 Å². The molecule has 0 bridgehead atoms. The van der Waals surface area contributed by atoms with Gasteiger partial charge >= 0.3 is 0 Å². The number of hydrogen-bond donors (Lipinski definition) is 0. The predicted molar refractivity (Wildman–Crippen MR) is 91.9 cm³/mol. The Morgan fingerprint density at radius 2 is 1.64 bits per heavy atom. The van der Waals surface area contributed by atoms with Crippen LogP contribution in [0.4, 0.5) is 0 Å². The molecule has 1 fully saturated rings. The summed E-state index contributed by atoms with van der Waals surface area (Å²) >= 11 is 0. The molecular weight excluding hydrogens is 311 g/mol. The number of rotatable bonds is 0. The molecule has 0 aromatic carbocycles. The van der Waals surface area contributed by atoms with Gasteiger partial charge in [0.05, 0.1) is 0 Å². The third kappa shape index (κ3) is 3.41. The van der Waals surface area contributed by atoms with Crippen LogP contribution in [0.25, 0.3) is 0 Å². The molecule has 0 unspecified atom stereocenters. The molecule has 4 aliphatic rings. The first kappa shape index (κ1) is 17.6. The Kier molecular flexibility index (Phi) is 6.11. The van der Waals surface area contributed by atoms with Gasteiger partial charge in [0.25, 0.3) is 0 Å². The summed E-state index contributed by atoms with van der Waals surface area (Å²) in [6, 6.07) is 0. The zero-order valence-corrected chi connectivity index (χ0v) is 14.9. The maximum atomic E-state index is 2.50. The Bertz CT molecular complexity index is 546. The molecule has 0 N–H and O–H groups in total. The summed E-state index contributed by atoms with van der Waals surface area (Å²) in [6.45, 7) is 4.86. The van der Waals surface area contributed by atoms with Crippen molar-refractivity contribution in [3.05, 3.63) is 65.2 Å². The van der Waals surface area contributed by atoms with Crippen molar-refractivity contribution in [2.24, 2.45) is 5.41 Å². The molecule has 1 heteroatoms. The van der Waals surface area contributed by atoms with E-state index >= 15 is 0 Å². The topological polar surface area (TPSA) is 0 Å². The molecule has 4 rings (SSSR count). The van der Waals surface area contributed by atoms with Gasteiger partial charge in [0.1, 0.15) is 0 Å². The van der Waals surface area contributed by atoms with E-state index in [1.807, 2.05) is 30.7 Å². The van der Waals surface area contributed by atoms with E-state index in [1.54, 1.807) is 22.3 Å². The van der Waals surface area contributed by atoms with E-state index < -0.39 is 0 Å². The minimum atomic E-state index is 0. The predicted octanol–water partition coefficient (Wildman–Crippen LogP) is 6.25. The minimum Gasteiger partial charge on any atom is -0.0767 e. The normalized spacial score (nSPS) is 28.6. The van der Waals surface area contributed by atoms with Crippen LogP contribution in [-0.2, 0) is 16.8 Å². The first-order valence-corrected chi connectivity index (χ1v) is 8.49. The quantitative estimate of drug-likeness (QED) is 0.490. The van der Waals surface area contributed by atoms with Crippen LogP contribution in [0.1, 0.15) is 58.8 Å². The van der Waals surface area contributed by atoms with Crippen LogP contribution >= 0.6 is 0 Å². The zero-order valence-electron chi connectivity index (χ0n) is 13.8. The van der Waals surface area contributed by atoms with Crippen molar-refractivity contribution >= 4 is 0 Å². The largest absolute Gasteiger partial charge is 0.0767 e. The van der Waals surface area contributed by atoms with Crippen molar-refractivity contribution in [1.29, 1.82) is 0 Å². The summed E-state index contributed by atoms with van der Waals surface area (Å²) in [5.41, 5.74) is 7.17. The van der Waals surface area contributed by atoms with Gasteiger partial charge in [-0.2, -0.15) is 0 Å². The molecule has 2 radical (unpaired) electrons. The summed E-state index contributed by atoms with van der Waals surface area (Å²) in [5, 5.41) is 0. The fourth-order valence-electron chi connectivity index (χ4n) is 4.37. The van der Waals surface area contributed by atoms with Gasteiger partial charge in [-0.3, -0.25) is 0 Å². The number of fused-ring (bicyclic) bond motifs is 3. The van der Waals surface area contributed by atoms with E-state index in [1.165, 1.54) is 44.9 Å². The fourth-order valence-corrected chi connectivity index (χ4v) is 4.37. The summed E-state index contributed by atoms with van der Waals surface area (Å²) in [7, 11) is 0. The van der Waals surface area contributed by atoms with Crippen LogP contribution in [0.5, 0.6) is 0 Å². The third-order valence-electron chi connectivity index (χ3n) is 5.42. The van der Waals surface area contributed by atoms with Crippen LogP contribution in [0.3, 0.4) is 0 Å². The smallest absolute Gasteiger partial charge is 0.0139 e. The van der Waals surface area contributed by atoms with Crippen LogP contribution < -0.4 is 0 Å². The summed E-state index contributed by atoms with van der Waals surface area (Å²) in [6.07, 6.45) is 24.4. The van der Waals surface area contributed by atoms with Gasteiger partial charge in [-0.1, -0.05) is 60.9 Å². The maximum absolute atomic E-state index is 2.50. The van der Waals surface area contributed by atoms with Crippen molar-refractivity contribution in [3.8, 4) is 0 Å². The first-order chi connectivity index (χ1) is 10.2. The van der Waals surface area contributed by atoms with E-state index in [2.05, 4.69) is 26.0 Å². The second-order valence-electron chi connectivity index (χ2n) is 6.89. The Balaban J connectivity index is 0.000000253. The van der Waals surface area contributed by atoms with Crippen molar-refractivity contribution in [3.63, 3.8) is 0 Å². The molecule has 1 saturated carbocycles. The van der Waals surface area contributed by atoms with Crippen molar-refractivity contribution in [2.45, 2.75) is 58.8 Å². The molecule has 0 aliphatic heterocycles. The van der Waals surface area contributed by atoms with E-state index in [9.17, 15) is 0 Å². The Morgan fingerprint density at radius 1 is 0.864 bits per heavy atom. The molecule has 0 nitrogen and oxygen atoms in total. The van der Waals surface area contributed by atoms with E-state index in [0.717, 1.165) is 0 Å². The maximum Gasteiger partial charge on any atom is 0.0139 e. The Morgan fingerprint density at radius 3 is 2.32 bits per heavy atom. The van der Waals surface area contributed by atoms with Gasteiger partial charge in [-0.25, -0.2) is 0 Å². The van der Waals surface area contributed by atoms with Crippen LogP contribution in [0, 0.1) is 11.8 Å². The van der Waals surface area contributed by atoms with Gasteiger partial charge in [0.15, 0.2) is 0 Å². The molecular formula is C21H27Co. The molecule has 4 aliphatic carbocycles. The second-order valence-corrected chi connectivity index (χ2v) is 6.89. The zero-order chi connectivity index (χ0) is 14.7. The van der Waals surface area contributed by atoms with Crippen LogP contribution in [-0.4, -0.2) is 0 Å².